The Balaban J connectivity index is 1.72. The number of hydrogen-bond acceptors (Lipinski definition) is 4. The molecule has 0 spiro atoms. The minimum absolute atomic E-state index is 0.468. The van der Waals surface area contributed by atoms with E-state index in [1.54, 1.807) is 0 Å². The van der Waals surface area contributed by atoms with E-state index in [-0.39, 0.29) is 0 Å². The molecule has 2 saturated heterocycles. The number of pyridine rings is 1. The van der Waals surface area contributed by atoms with Gasteiger partial charge in [-0.25, -0.2) is 9.97 Å². The fraction of sp³-hybridized carbons (Fsp3) is 0.625. The van der Waals surface area contributed by atoms with Crippen LogP contribution in [-0.2, 0) is 15.9 Å². The Morgan fingerprint density at radius 2 is 2.00 bits per heavy atom. The minimum Gasteiger partial charge on any atom is -0.381 e. The Labute approximate surface area is 124 Å². The van der Waals surface area contributed by atoms with Gasteiger partial charge in [0.05, 0.1) is 0 Å². The number of ether oxygens (including phenoxy) is 2. The second kappa shape index (κ2) is 5.73. The van der Waals surface area contributed by atoms with Crippen LogP contribution in [0.15, 0.2) is 18.3 Å². The molecule has 1 unspecified atom stereocenters. The fourth-order valence-electron chi connectivity index (χ4n) is 3.45. The smallest absolute Gasteiger partial charge is 0.160 e. The van der Waals surface area contributed by atoms with Crippen LogP contribution in [0.1, 0.15) is 31.1 Å². The summed E-state index contributed by atoms with van der Waals surface area (Å²) in [7, 11) is 0. The first-order chi connectivity index (χ1) is 10.4. The molecule has 0 amide bonds. The molecular formula is C16H21N3O2. The van der Waals surface area contributed by atoms with Gasteiger partial charge in [0.1, 0.15) is 11.3 Å². The van der Waals surface area contributed by atoms with E-state index in [1.165, 1.54) is 5.82 Å². The van der Waals surface area contributed by atoms with Crippen molar-refractivity contribution >= 4 is 11.2 Å². The third-order valence-electron chi connectivity index (χ3n) is 4.57. The third-order valence-corrected chi connectivity index (χ3v) is 4.57. The van der Waals surface area contributed by atoms with E-state index in [1.807, 2.05) is 12.3 Å². The fourth-order valence-corrected chi connectivity index (χ4v) is 3.45. The van der Waals surface area contributed by atoms with Gasteiger partial charge >= 0.3 is 0 Å². The molecular weight excluding hydrogens is 266 g/mol. The summed E-state index contributed by atoms with van der Waals surface area (Å²) in [6.07, 6.45) is 6.10. The molecule has 1 atom stereocenters. The Bertz CT molecular complexity index is 613. The molecule has 2 aliphatic heterocycles. The summed E-state index contributed by atoms with van der Waals surface area (Å²) >= 11 is 0. The molecule has 4 heterocycles. The van der Waals surface area contributed by atoms with Crippen molar-refractivity contribution < 1.29 is 9.47 Å². The topological polar surface area (TPSA) is 49.2 Å². The van der Waals surface area contributed by atoms with Gasteiger partial charge in [-0.05, 0) is 37.3 Å². The predicted octanol–water partition coefficient (Wildman–Crippen LogP) is 2.36. The van der Waals surface area contributed by atoms with Crippen LogP contribution in [0.5, 0.6) is 0 Å². The minimum atomic E-state index is 0.468. The summed E-state index contributed by atoms with van der Waals surface area (Å²) in [5, 5.41) is 0. The third kappa shape index (κ3) is 2.56. The Morgan fingerprint density at radius 3 is 2.81 bits per heavy atom. The van der Waals surface area contributed by atoms with Gasteiger partial charge in [0, 0.05) is 45.1 Å². The maximum Gasteiger partial charge on any atom is 0.160 e. The first-order valence-corrected chi connectivity index (χ1v) is 7.89. The lowest BCUT2D eigenvalue weighted by atomic mass is 10.0. The van der Waals surface area contributed by atoms with Crippen LogP contribution in [-0.4, -0.2) is 41.0 Å². The van der Waals surface area contributed by atoms with Crippen LogP contribution in [0.4, 0.5) is 0 Å². The van der Waals surface area contributed by atoms with Crippen LogP contribution < -0.4 is 0 Å². The number of fused-ring (bicyclic) bond motifs is 1. The van der Waals surface area contributed by atoms with Gasteiger partial charge in [0.2, 0.25) is 0 Å². The van der Waals surface area contributed by atoms with E-state index < -0.39 is 0 Å². The van der Waals surface area contributed by atoms with Gasteiger partial charge in [-0.2, -0.15) is 0 Å². The quantitative estimate of drug-likeness (QED) is 0.869. The monoisotopic (exact) mass is 287 g/mol. The lowest BCUT2D eigenvalue weighted by molar-refractivity contribution is 0.0695. The summed E-state index contributed by atoms with van der Waals surface area (Å²) in [6.45, 7) is 3.43. The predicted molar refractivity (Wildman–Crippen MR) is 79.2 cm³/mol. The van der Waals surface area contributed by atoms with Gasteiger partial charge < -0.3 is 14.0 Å². The maximum absolute atomic E-state index is 5.52. The molecule has 2 aromatic rings. The first-order valence-electron chi connectivity index (χ1n) is 7.89. The molecule has 0 bridgehead atoms. The zero-order chi connectivity index (χ0) is 14.1. The van der Waals surface area contributed by atoms with Crippen LogP contribution in [0, 0.1) is 5.92 Å². The molecule has 0 saturated carbocycles. The summed E-state index contributed by atoms with van der Waals surface area (Å²) in [4.78, 5) is 9.44. The van der Waals surface area contributed by atoms with E-state index >= 15 is 0 Å². The number of nitrogens with zero attached hydrogens (tertiary/aromatic N) is 3. The van der Waals surface area contributed by atoms with E-state index in [4.69, 9.17) is 14.5 Å². The molecule has 21 heavy (non-hydrogen) atoms. The second-order valence-corrected chi connectivity index (χ2v) is 6.02. The number of rotatable bonds is 3. The highest BCUT2D eigenvalue weighted by Crippen LogP contribution is 2.29. The lowest BCUT2D eigenvalue weighted by Gasteiger charge is -2.25. The standard InChI is InChI=1S/C16H21N3O2/c1-2-14-16(17-6-1)19(13-4-8-20-9-5-13)15(18-14)10-12-3-7-21-11-12/h1-2,6,12-13H,3-5,7-11H2. The molecule has 0 aromatic carbocycles. The van der Waals surface area contributed by atoms with E-state index in [2.05, 4.69) is 15.6 Å². The number of aromatic nitrogens is 3. The van der Waals surface area contributed by atoms with Gasteiger partial charge in [0.25, 0.3) is 0 Å². The van der Waals surface area contributed by atoms with Crippen molar-refractivity contribution in [2.24, 2.45) is 5.92 Å². The van der Waals surface area contributed by atoms with Crippen LogP contribution in [0.2, 0.25) is 0 Å². The van der Waals surface area contributed by atoms with Crippen molar-refractivity contribution in [1.29, 1.82) is 0 Å². The SMILES string of the molecule is c1cnc2c(c1)nc(CC1CCOC1)n2C1CCOCC1. The molecule has 2 aromatic heterocycles. The van der Waals surface area contributed by atoms with E-state index in [0.717, 1.165) is 63.3 Å². The van der Waals surface area contributed by atoms with Crippen LogP contribution in [0.3, 0.4) is 0 Å². The molecule has 0 N–H and O–H groups in total. The second-order valence-electron chi connectivity index (χ2n) is 6.02. The molecule has 2 fully saturated rings. The lowest BCUT2D eigenvalue weighted by Crippen LogP contribution is -2.22. The highest BCUT2D eigenvalue weighted by molar-refractivity contribution is 5.71. The van der Waals surface area contributed by atoms with E-state index in [9.17, 15) is 0 Å². The molecule has 0 radical (unpaired) electrons. The Hall–Kier alpha value is -1.46. The zero-order valence-electron chi connectivity index (χ0n) is 12.2. The van der Waals surface area contributed by atoms with Crippen molar-refractivity contribution in [3.05, 3.63) is 24.2 Å². The average molecular weight is 287 g/mol. The normalized spacial score (nSPS) is 23.9. The largest absolute Gasteiger partial charge is 0.381 e. The Kier molecular flexibility index (Phi) is 3.61. The first kappa shape index (κ1) is 13.2. The van der Waals surface area contributed by atoms with Crippen molar-refractivity contribution in [2.45, 2.75) is 31.7 Å². The van der Waals surface area contributed by atoms with Crippen LogP contribution >= 0.6 is 0 Å². The van der Waals surface area contributed by atoms with Gasteiger partial charge in [0.15, 0.2) is 5.65 Å². The molecule has 112 valence electrons. The highest BCUT2D eigenvalue weighted by atomic mass is 16.5. The van der Waals surface area contributed by atoms with Gasteiger partial charge in [-0.15, -0.1) is 0 Å². The molecule has 2 aliphatic rings. The molecule has 4 rings (SSSR count). The van der Waals surface area contributed by atoms with Gasteiger partial charge in [-0.3, -0.25) is 0 Å². The average Bonchev–Trinajstić information content (AvgIpc) is 3.15. The number of imidazole rings is 1. The number of hydrogen-bond donors (Lipinski definition) is 0. The van der Waals surface area contributed by atoms with E-state index in [0.29, 0.717) is 12.0 Å². The summed E-state index contributed by atoms with van der Waals surface area (Å²) < 4.78 is 13.4. The zero-order valence-corrected chi connectivity index (χ0v) is 12.2. The van der Waals surface area contributed by atoms with Crippen LogP contribution in [0.25, 0.3) is 11.2 Å². The summed E-state index contributed by atoms with van der Waals surface area (Å²) in [5.74, 6) is 1.77. The van der Waals surface area contributed by atoms with Crippen molar-refractivity contribution in [3.63, 3.8) is 0 Å². The molecule has 0 aliphatic carbocycles. The highest BCUT2D eigenvalue weighted by Gasteiger charge is 2.25. The summed E-state index contributed by atoms with van der Waals surface area (Å²) in [6, 6.07) is 4.50. The summed E-state index contributed by atoms with van der Waals surface area (Å²) in [5.41, 5.74) is 2.04. The van der Waals surface area contributed by atoms with Crippen molar-refractivity contribution in [3.8, 4) is 0 Å². The molecule has 5 heteroatoms. The Morgan fingerprint density at radius 1 is 1.14 bits per heavy atom. The molecule has 5 nitrogen and oxygen atoms in total. The van der Waals surface area contributed by atoms with Gasteiger partial charge in [-0.1, -0.05) is 0 Å². The van der Waals surface area contributed by atoms with Crippen molar-refractivity contribution in [1.82, 2.24) is 14.5 Å². The van der Waals surface area contributed by atoms with Crippen molar-refractivity contribution in [2.75, 3.05) is 26.4 Å². The maximum atomic E-state index is 5.52.